The number of nitrogens with zero attached hydrogens (tertiary/aromatic N) is 3. The number of carbonyl (C=O) groups is 1. The van der Waals surface area contributed by atoms with Crippen LogP contribution < -0.4 is 5.32 Å². The van der Waals surface area contributed by atoms with E-state index in [0.29, 0.717) is 19.4 Å². The Balaban J connectivity index is 1.76. The fourth-order valence-corrected chi connectivity index (χ4v) is 3.90. The van der Waals surface area contributed by atoms with Crippen molar-refractivity contribution in [1.29, 1.82) is 0 Å². The zero-order chi connectivity index (χ0) is 19.8. The highest BCUT2D eigenvalue weighted by atomic mass is 16.5. The summed E-state index contributed by atoms with van der Waals surface area (Å²) in [6, 6.07) is 0. The normalized spacial score (nSPS) is 17.6. The highest BCUT2D eigenvalue weighted by Gasteiger charge is 2.23. The van der Waals surface area contributed by atoms with E-state index in [4.69, 9.17) is 14.8 Å². The monoisotopic (exact) mass is 372 g/mol. The summed E-state index contributed by atoms with van der Waals surface area (Å²) in [5, 5.41) is 8.86. The second kappa shape index (κ2) is 7.58. The Hall–Kier alpha value is -1.95. The van der Waals surface area contributed by atoms with E-state index in [1.165, 1.54) is 5.56 Å². The van der Waals surface area contributed by atoms with Crippen LogP contribution in [0.2, 0.25) is 0 Å². The molecule has 1 fully saturated rings. The van der Waals surface area contributed by atoms with Gasteiger partial charge in [-0.3, -0.25) is 4.79 Å². The van der Waals surface area contributed by atoms with E-state index in [1.54, 1.807) is 0 Å². The van der Waals surface area contributed by atoms with Gasteiger partial charge in [-0.05, 0) is 71.9 Å². The summed E-state index contributed by atoms with van der Waals surface area (Å²) in [7, 11) is 0. The van der Waals surface area contributed by atoms with Crippen molar-refractivity contribution in [3.63, 3.8) is 0 Å². The van der Waals surface area contributed by atoms with Crippen molar-refractivity contribution >= 4 is 16.9 Å². The van der Waals surface area contributed by atoms with Gasteiger partial charge in [0, 0.05) is 30.7 Å². The highest BCUT2D eigenvalue weighted by molar-refractivity contribution is 5.84. The number of amides is 1. The number of nitrogens with one attached hydrogen (secondary N) is 1. The molecule has 1 atom stereocenters. The SMILES string of the molecule is Cc1nc2c(c(C)nn2C(C)(C)C)c(C)c1CCC(=O)NC[C@H]1CCCO1. The molecule has 0 saturated carbocycles. The molecule has 3 rings (SSSR count). The van der Waals surface area contributed by atoms with Crippen molar-refractivity contribution in [3.05, 3.63) is 22.5 Å². The van der Waals surface area contributed by atoms with E-state index < -0.39 is 0 Å². The minimum atomic E-state index is -0.123. The molecule has 148 valence electrons. The zero-order valence-electron chi connectivity index (χ0n) is 17.5. The number of pyridine rings is 1. The second-order valence-electron chi connectivity index (χ2n) is 8.61. The Kier molecular flexibility index (Phi) is 5.56. The fraction of sp³-hybridized carbons (Fsp3) is 0.667. The van der Waals surface area contributed by atoms with Gasteiger partial charge in [0.25, 0.3) is 0 Å². The van der Waals surface area contributed by atoms with Crippen LogP contribution in [-0.2, 0) is 21.5 Å². The lowest BCUT2D eigenvalue weighted by Gasteiger charge is -2.20. The predicted octanol–water partition coefficient (Wildman–Crippen LogP) is 3.34. The van der Waals surface area contributed by atoms with Gasteiger partial charge in [-0.1, -0.05) is 0 Å². The van der Waals surface area contributed by atoms with Crippen LogP contribution in [0, 0.1) is 20.8 Å². The molecule has 27 heavy (non-hydrogen) atoms. The van der Waals surface area contributed by atoms with Crippen LogP contribution in [0.3, 0.4) is 0 Å². The molecule has 0 aliphatic carbocycles. The van der Waals surface area contributed by atoms with Gasteiger partial charge in [0.2, 0.25) is 5.91 Å². The van der Waals surface area contributed by atoms with E-state index in [9.17, 15) is 4.79 Å². The number of hydrogen-bond acceptors (Lipinski definition) is 4. The van der Waals surface area contributed by atoms with Gasteiger partial charge < -0.3 is 10.1 Å². The smallest absolute Gasteiger partial charge is 0.220 e. The molecule has 2 aromatic heterocycles. The van der Waals surface area contributed by atoms with Crippen LogP contribution in [0.15, 0.2) is 0 Å². The first kappa shape index (κ1) is 19.8. The maximum Gasteiger partial charge on any atom is 0.220 e. The van der Waals surface area contributed by atoms with E-state index in [0.717, 1.165) is 47.4 Å². The van der Waals surface area contributed by atoms with Crippen molar-refractivity contribution in [2.45, 2.75) is 78.9 Å². The molecule has 6 nitrogen and oxygen atoms in total. The minimum Gasteiger partial charge on any atom is -0.376 e. The van der Waals surface area contributed by atoms with E-state index in [2.05, 4.69) is 33.0 Å². The Morgan fingerprint density at radius 1 is 1.26 bits per heavy atom. The van der Waals surface area contributed by atoms with Crippen molar-refractivity contribution in [1.82, 2.24) is 20.1 Å². The standard InChI is InChI=1S/C21H32N4O2/c1-13-17(9-10-18(26)22-12-16-8-7-11-27-16)14(2)23-20-19(13)15(3)24-25(20)21(4,5)6/h16H,7-12H2,1-6H3,(H,22,26)/t16-/m1/s1. The molecule has 1 saturated heterocycles. The van der Waals surface area contributed by atoms with Crippen LogP contribution in [0.1, 0.15) is 62.5 Å². The molecule has 3 heterocycles. The summed E-state index contributed by atoms with van der Waals surface area (Å²) in [4.78, 5) is 17.1. The van der Waals surface area contributed by atoms with Crippen LogP contribution in [0.4, 0.5) is 0 Å². The van der Waals surface area contributed by atoms with Crippen molar-refractivity contribution < 1.29 is 9.53 Å². The zero-order valence-corrected chi connectivity index (χ0v) is 17.5. The lowest BCUT2D eigenvalue weighted by Crippen LogP contribution is -2.31. The van der Waals surface area contributed by atoms with Gasteiger partial charge in [-0.25, -0.2) is 9.67 Å². The number of fused-ring (bicyclic) bond motifs is 1. The molecule has 1 aliphatic heterocycles. The topological polar surface area (TPSA) is 69.0 Å². The Morgan fingerprint density at radius 3 is 2.63 bits per heavy atom. The lowest BCUT2D eigenvalue weighted by molar-refractivity contribution is -0.121. The van der Waals surface area contributed by atoms with Gasteiger partial charge in [0.1, 0.15) is 0 Å². The number of ether oxygens (including phenoxy) is 1. The Labute approximate surface area is 161 Å². The summed E-state index contributed by atoms with van der Waals surface area (Å²) < 4.78 is 7.57. The quantitative estimate of drug-likeness (QED) is 0.874. The van der Waals surface area contributed by atoms with Gasteiger partial charge >= 0.3 is 0 Å². The molecule has 1 amide bonds. The third-order valence-electron chi connectivity index (χ3n) is 5.36. The van der Waals surface area contributed by atoms with Crippen LogP contribution in [0.25, 0.3) is 11.0 Å². The van der Waals surface area contributed by atoms with Crippen molar-refractivity contribution in [2.24, 2.45) is 0 Å². The van der Waals surface area contributed by atoms with Crippen LogP contribution in [0.5, 0.6) is 0 Å². The summed E-state index contributed by atoms with van der Waals surface area (Å²) in [5.41, 5.74) is 5.14. The molecular formula is C21H32N4O2. The maximum absolute atomic E-state index is 12.3. The third-order valence-corrected chi connectivity index (χ3v) is 5.36. The Morgan fingerprint density at radius 2 is 2.00 bits per heavy atom. The predicted molar refractivity (Wildman–Crippen MR) is 107 cm³/mol. The average Bonchev–Trinajstić information content (AvgIpc) is 3.20. The Bertz CT molecular complexity index is 842. The summed E-state index contributed by atoms with van der Waals surface area (Å²) in [6.45, 7) is 14.0. The van der Waals surface area contributed by atoms with Gasteiger partial charge in [0.05, 0.1) is 17.3 Å². The molecule has 6 heteroatoms. The number of aryl methyl sites for hydroxylation is 3. The first-order chi connectivity index (χ1) is 12.7. The molecule has 0 aromatic carbocycles. The van der Waals surface area contributed by atoms with Gasteiger partial charge in [-0.2, -0.15) is 5.10 Å². The maximum atomic E-state index is 12.3. The molecule has 1 aliphatic rings. The molecular weight excluding hydrogens is 340 g/mol. The molecule has 2 aromatic rings. The van der Waals surface area contributed by atoms with Crippen LogP contribution in [-0.4, -0.2) is 39.9 Å². The summed E-state index contributed by atoms with van der Waals surface area (Å²) >= 11 is 0. The molecule has 1 N–H and O–H groups in total. The lowest BCUT2D eigenvalue weighted by atomic mass is 9.99. The van der Waals surface area contributed by atoms with E-state index >= 15 is 0 Å². The molecule has 0 radical (unpaired) electrons. The minimum absolute atomic E-state index is 0.0755. The summed E-state index contributed by atoms with van der Waals surface area (Å²) in [6.07, 6.45) is 3.47. The van der Waals surface area contributed by atoms with Gasteiger partial charge in [-0.15, -0.1) is 0 Å². The molecule has 0 spiro atoms. The molecule has 0 unspecified atom stereocenters. The largest absolute Gasteiger partial charge is 0.376 e. The van der Waals surface area contributed by atoms with Crippen LogP contribution >= 0.6 is 0 Å². The second-order valence-corrected chi connectivity index (χ2v) is 8.61. The van der Waals surface area contributed by atoms with Crippen molar-refractivity contribution in [3.8, 4) is 0 Å². The first-order valence-corrected chi connectivity index (χ1v) is 9.92. The number of rotatable bonds is 5. The number of hydrogen-bond donors (Lipinski definition) is 1. The van der Waals surface area contributed by atoms with Crippen molar-refractivity contribution in [2.75, 3.05) is 13.2 Å². The highest BCUT2D eigenvalue weighted by Crippen LogP contribution is 2.29. The molecule has 0 bridgehead atoms. The third kappa shape index (κ3) is 4.15. The first-order valence-electron chi connectivity index (χ1n) is 9.92. The average molecular weight is 373 g/mol. The number of carbonyl (C=O) groups excluding carboxylic acids is 1. The van der Waals surface area contributed by atoms with Gasteiger partial charge in [0.15, 0.2) is 5.65 Å². The fourth-order valence-electron chi connectivity index (χ4n) is 3.90. The van der Waals surface area contributed by atoms with E-state index in [1.807, 2.05) is 18.5 Å². The van der Waals surface area contributed by atoms with E-state index in [-0.39, 0.29) is 17.6 Å². The summed E-state index contributed by atoms with van der Waals surface area (Å²) in [5.74, 6) is 0.0755. The number of aromatic nitrogens is 3.